The molecule has 1 aromatic heterocycles. The molecular formula is C21H24BrN3O3. The molecule has 0 radical (unpaired) electrons. The molecule has 28 heavy (non-hydrogen) atoms. The first-order valence-electron chi connectivity index (χ1n) is 9.38. The summed E-state index contributed by atoms with van der Waals surface area (Å²) in [7, 11) is 0. The Bertz CT molecular complexity index is 870. The molecule has 1 atom stereocenters. The van der Waals surface area contributed by atoms with E-state index in [-0.39, 0.29) is 23.7 Å². The molecule has 7 heteroatoms. The minimum absolute atomic E-state index is 0.123. The number of nitrogens with zero attached hydrogens (tertiary/aromatic N) is 1. The predicted molar refractivity (Wildman–Crippen MR) is 112 cm³/mol. The van der Waals surface area contributed by atoms with Crippen molar-refractivity contribution >= 4 is 39.3 Å². The molecule has 1 unspecified atom stereocenters. The monoisotopic (exact) mass is 445 g/mol. The average molecular weight is 446 g/mol. The molecule has 1 aliphatic heterocycles. The van der Waals surface area contributed by atoms with Gasteiger partial charge < -0.3 is 15.4 Å². The first kappa shape index (κ1) is 20.3. The first-order chi connectivity index (χ1) is 13.4. The van der Waals surface area contributed by atoms with E-state index in [0.717, 1.165) is 22.1 Å². The summed E-state index contributed by atoms with van der Waals surface area (Å²) in [5.74, 6) is 0.616. The number of rotatable bonds is 6. The molecule has 1 fully saturated rings. The Morgan fingerprint density at radius 2 is 2.18 bits per heavy atom. The molecule has 6 nitrogen and oxygen atoms in total. The number of esters is 1. The van der Waals surface area contributed by atoms with Crippen molar-refractivity contribution in [2.75, 3.05) is 18.5 Å². The lowest BCUT2D eigenvalue weighted by atomic mass is 9.97. The summed E-state index contributed by atoms with van der Waals surface area (Å²) < 4.78 is 5.92. The zero-order chi connectivity index (χ0) is 20.1. The fourth-order valence-corrected chi connectivity index (χ4v) is 3.56. The summed E-state index contributed by atoms with van der Waals surface area (Å²) in [6.45, 7) is 4.98. The Morgan fingerprint density at radius 3 is 2.89 bits per heavy atom. The van der Waals surface area contributed by atoms with Crippen LogP contribution >= 0.6 is 15.9 Å². The van der Waals surface area contributed by atoms with Gasteiger partial charge in [0.25, 0.3) is 5.91 Å². The Morgan fingerprint density at radius 1 is 1.36 bits per heavy atom. The standard InChI is InChI=1S/C21H24BrN3O3/c1-13(2)17-10-19(25-16-5-3-4-15(22)9-16)23-12-18(17)21(27)24-11-14-6-7-28-20(26)8-14/h3-5,9-10,12-14H,6-8,11H2,1-2H3,(H,23,25)(H,24,27). The molecule has 1 saturated heterocycles. The van der Waals surface area contributed by atoms with Crippen LogP contribution in [-0.4, -0.2) is 30.0 Å². The highest BCUT2D eigenvalue weighted by Crippen LogP contribution is 2.25. The normalized spacial score (nSPS) is 16.6. The van der Waals surface area contributed by atoms with Gasteiger partial charge in [-0.25, -0.2) is 4.98 Å². The van der Waals surface area contributed by atoms with Gasteiger partial charge in [-0.2, -0.15) is 0 Å². The highest BCUT2D eigenvalue weighted by atomic mass is 79.9. The predicted octanol–water partition coefficient (Wildman–Crippen LogP) is 4.39. The van der Waals surface area contributed by atoms with Crippen molar-refractivity contribution in [1.29, 1.82) is 0 Å². The largest absolute Gasteiger partial charge is 0.466 e. The van der Waals surface area contributed by atoms with Crippen LogP contribution in [0.15, 0.2) is 41.0 Å². The highest BCUT2D eigenvalue weighted by molar-refractivity contribution is 9.10. The van der Waals surface area contributed by atoms with Crippen molar-refractivity contribution < 1.29 is 14.3 Å². The Kier molecular flexibility index (Phi) is 6.67. The molecule has 0 spiro atoms. The SMILES string of the molecule is CC(C)c1cc(Nc2cccc(Br)c2)ncc1C(=O)NCC1CCOC(=O)C1. The lowest BCUT2D eigenvalue weighted by Gasteiger charge is -2.22. The lowest BCUT2D eigenvalue weighted by Crippen LogP contribution is -2.34. The molecule has 148 valence electrons. The third-order valence-electron chi connectivity index (χ3n) is 4.70. The zero-order valence-corrected chi connectivity index (χ0v) is 17.6. The van der Waals surface area contributed by atoms with Gasteiger partial charge in [-0.15, -0.1) is 0 Å². The van der Waals surface area contributed by atoms with Gasteiger partial charge in [-0.3, -0.25) is 9.59 Å². The van der Waals surface area contributed by atoms with Crippen LogP contribution in [0.4, 0.5) is 11.5 Å². The minimum Gasteiger partial charge on any atom is -0.466 e. The van der Waals surface area contributed by atoms with Crippen LogP contribution in [0.2, 0.25) is 0 Å². The smallest absolute Gasteiger partial charge is 0.306 e. The van der Waals surface area contributed by atoms with Crippen molar-refractivity contribution in [1.82, 2.24) is 10.3 Å². The second kappa shape index (κ2) is 9.19. The van der Waals surface area contributed by atoms with Gasteiger partial charge >= 0.3 is 5.97 Å². The molecular weight excluding hydrogens is 422 g/mol. The molecule has 2 N–H and O–H groups in total. The summed E-state index contributed by atoms with van der Waals surface area (Å²) in [5.41, 5.74) is 2.40. The second-order valence-corrected chi connectivity index (χ2v) is 8.15. The quantitative estimate of drug-likeness (QED) is 0.644. The number of pyridine rings is 1. The topological polar surface area (TPSA) is 80.3 Å². The van der Waals surface area contributed by atoms with Gasteiger partial charge in [-0.05, 0) is 48.1 Å². The van der Waals surface area contributed by atoms with Crippen LogP contribution in [0.3, 0.4) is 0 Å². The van der Waals surface area contributed by atoms with Crippen LogP contribution in [0, 0.1) is 5.92 Å². The maximum absolute atomic E-state index is 12.7. The van der Waals surface area contributed by atoms with E-state index in [1.54, 1.807) is 6.20 Å². The maximum atomic E-state index is 12.7. The minimum atomic E-state index is -0.196. The molecule has 0 bridgehead atoms. The second-order valence-electron chi connectivity index (χ2n) is 7.24. The summed E-state index contributed by atoms with van der Waals surface area (Å²) in [6, 6.07) is 9.73. The number of carbonyl (C=O) groups excluding carboxylic acids is 2. The summed E-state index contributed by atoms with van der Waals surface area (Å²) in [4.78, 5) is 28.5. The molecule has 2 aromatic rings. The maximum Gasteiger partial charge on any atom is 0.306 e. The van der Waals surface area contributed by atoms with E-state index in [0.29, 0.717) is 31.0 Å². The van der Waals surface area contributed by atoms with Crippen molar-refractivity contribution in [2.45, 2.75) is 32.6 Å². The molecule has 3 rings (SSSR count). The number of hydrogen-bond acceptors (Lipinski definition) is 5. The number of carbonyl (C=O) groups is 2. The molecule has 1 aromatic carbocycles. The van der Waals surface area contributed by atoms with Gasteiger partial charge in [0, 0.05) is 22.9 Å². The van der Waals surface area contributed by atoms with Crippen LogP contribution < -0.4 is 10.6 Å². The van der Waals surface area contributed by atoms with E-state index in [1.165, 1.54) is 0 Å². The number of amides is 1. The molecule has 0 aliphatic carbocycles. The van der Waals surface area contributed by atoms with E-state index in [9.17, 15) is 9.59 Å². The third kappa shape index (κ3) is 5.32. The van der Waals surface area contributed by atoms with Crippen LogP contribution in [0.1, 0.15) is 48.5 Å². The van der Waals surface area contributed by atoms with Gasteiger partial charge in [-0.1, -0.05) is 35.8 Å². The van der Waals surface area contributed by atoms with E-state index in [1.807, 2.05) is 44.2 Å². The third-order valence-corrected chi connectivity index (χ3v) is 5.19. The molecule has 2 heterocycles. The fraction of sp³-hybridized carbons (Fsp3) is 0.381. The first-order valence-corrected chi connectivity index (χ1v) is 10.2. The number of ether oxygens (including phenoxy) is 1. The summed E-state index contributed by atoms with van der Waals surface area (Å²) >= 11 is 3.46. The number of halogens is 1. The van der Waals surface area contributed by atoms with E-state index in [4.69, 9.17) is 4.74 Å². The molecule has 0 saturated carbocycles. The van der Waals surface area contributed by atoms with Crippen LogP contribution in [0.5, 0.6) is 0 Å². The Balaban J connectivity index is 1.71. The van der Waals surface area contributed by atoms with Gasteiger partial charge in [0.1, 0.15) is 5.82 Å². The Labute approximate surface area is 173 Å². The highest BCUT2D eigenvalue weighted by Gasteiger charge is 2.22. The number of hydrogen-bond donors (Lipinski definition) is 2. The summed E-state index contributed by atoms with van der Waals surface area (Å²) in [5, 5.41) is 6.22. The Hall–Kier alpha value is -2.41. The number of aromatic nitrogens is 1. The summed E-state index contributed by atoms with van der Waals surface area (Å²) in [6.07, 6.45) is 2.74. The lowest BCUT2D eigenvalue weighted by molar-refractivity contribution is -0.149. The number of benzene rings is 1. The average Bonchev–Trinajstić information content (AvgIpc) is 2.66. The fourth-order valence-electron chi connectivity index (χ4n) is 3.16. The van der Waals surface area contributed by atoms with Gasteiger partial charge in [0.05, 0.1) is 18.6 Å². The van der Waals surface area contributed by atoms with Gasteiger partial charge in [0.2, 0.25) is 0 Å². The van der Waals surface area contributed by atoms with Crippen molar-refractivity contribution in [3.63, 3.8) is 0 Å². The number of cyclic esters (lactones) is 1. The van der Waals surface area contributed by atoms with Crippen LogP contribution in [-0.2, 0) is 9.53 Å². The van der Waals surface area contributed by atoms with Gasteiger partial charge in [0.15, 0.2) is 0 Å². The van der Waals surface area contributed by atoms with E-state index >= 15 is 0 Å². The molecule has 1 aliphatic rings. The van der Waals surface area contributed by atoms with Crippen molar-refractivity contribution in [3.05, 3.63) is 52.1 Å². The number of anilines is 2. The van der Waals surface area contributed by atoms with Crippen LogP contribution in [0.25, 0.3) is 0 Å². The van der Waals surface area contributed by atoms with Crippen molar-refractivity contribution in [3.8, 4) is 0 Å². The number of nitrogens with one attached hydrogen (secondary N) is 2. The molecule has 1 amide bonds. The van der Waals surface area contributed by atoms with Crippen molar-refractivity contribution in [2.24, 2.45) is 5.92 Å². The van der Waals surface area contributed by atoms with E-state index < -0.39 is 0 Å². The zero-order valence-electron chi connectivity index (χ0n) is 16.0. The van der Waals surface area contributed by atoms with E-state index in [2.05, 4.69) is 31.5 Å².